The van der Waals surface area contributed by atoms with E-state index < -0.39 is 11.5 Å². The number of hydrogen-bond donors (Lipinski definition) is 3. The predicted octanol–water partition coefficient (Wildman–Crippen LogP) is 0.694. The van der Waals surface area contributed by atoms with Crippen LogP contribution in [0.3, 0.4) is 0 Å². The van der Waals surface area contributed by atoms with Gasteiger partial charge < -0.3 is 20.6 Å². The van der Waals surface area contributed by atoms with Gasteiger partial charge in [-0.2, -0.15) is 0 Å². The van der Waals surface area contributed by atoms with Gasteiger partial charge in [0, 0.05) is 20.0 Å². The number of urea groups is 1. The molecule has 2 fully saturated rings. The Morgan fingerprint density at radius 1 is 1.38 bits per heavy atom. The van der Waals surface area contributed by atoms with Gasteiger partial charge in [-0.1, -0.05) is 19.3 Å². The number of amides is 3. The summed E-state index contributed by atoms with van der Waals surface area (Å²) in [5.41, 5.74) is -0.607. The van der Waals surface area contributed by atoms with Crippen molar-refractivity contribution in [2.75, 3.05) is 13.6 Å². The fraction of sp³-hybridized carbons (Fsp3) is 0.786. The third-order valence-corrected chi connectivity index (χ3v) is 4.59. The number of rotatable bonds is 4. The number of carboxylic acid groups (broad SMARTS) is 1. The van der Waals surface area contributed by atoms with Gasteiger partial charge in [0.05, 0.1) is 18.0 Å². The van der Waals surface area contributed by atoms with Crippen molar-refractivity contribution in [3.8, 4) is 0 Å². The fourth-order valence-electron chi connectivity index (χ4n) is 3.32. The van der Waals surface area contributed by atoms with E-state index in [0.29, 0.717) is 19.4 Å². The molecule has 3 N–H and O–H groups in total. The highest BCUT2D eigenvalue weighted by molar-refractivity contribution is 5.82. The Labute approximate surface area is 124 Å². The highest BCUT2D eigenvalue weighted by Crippen LogP contribution is 2.36. The van der Waals surface area contributed by atoms with Crippen LogP contribution in [0.1, 0.15) is 44.9 Å². The summed E-state index contributed by atoms with van der Waals surface area (Å²) >= 11 is 0. The lowest BCUT2D eigenvalue weighted by Gasteiger charge is -2.44. The van der Waals surface area contributed by atoms with Crippen LogP contribution < -0.4 is 10.6 Å². The Kier molecular flexibility index (Phi) is 4.69. The number of nitrogens with one attached hydrogen (secondary N) is 2. The first-order valence-corrected chi connectivity index (χ1v) is 7.46. The molecule has 1 unspecified atom stereocenters. The molecule has 2 rings (SSSR count). The van der Waals surface area contributed by atoms with Crippen LogP contribution in [0, 0.1) is 0 Å². The third kappa shape index (κ3) is 3.65. The van der Waals surface area contributed by atoms with Crippen molar-refractivity contribution in [2.45, 2.75) is 56.5 Å². The van der Waals surface area contributed by atoms with Gasteiger partial charge in [0.2, 0.25) is 5.91 Å². The van der Waals surface area contributed by atoms with Gasteiger partial charge in [-0.3, -0.25) is 9.59 Å². The summed E-state index contributed by atoms with van der Waals surface area (Å²) < 4.78 is 0. The minimum atomic E-state index is -0.880. The molecule has 7 heteroatoms. The lowest BCUT2D eigenvalue weighted by atomic mass is 9.78. The largest absolute Gasteiger partial charge is 0.481 e. The Hall–Kier alpha value is -1.79. The minimum absolute atomic E-state index is 0.0290. The first-order valence-electron chi connectivity index (χ1n) is 7.46. The highest BCUT2D eigenvalue weighted by atomic mass is 16.4. The first kappa shape index (κ1) is 15.6. The molecule has 0 bridgehead atoms. The molecule has 2 aliphatic rings. The second-order valence-electron chi connectivity index (χ2n) is 6.07. The van der Waals surface area contributed by atoms with E-state index in [9.17, 15) is 14.4 Å². The molecule has 0 radical (unpaired) electrons. The predicted molar refractivity (Wildman–Crippen MR) is 75.8 cm³/mol. The van der Waals surface area contributed by atoms with Crippen molar-refractivity contribution in [2.24, 2.45) is 0 Å². The fourth-order valence-corrected chi connectivity index (χ4v) is 3.32. The molecule has 1 aliphatic heterocycles. The van der Waals surface area contributed by atoms with E-state index >= 15 is 0 Å². The number of carbonyl (C=O) groups excluding carboxylic acids is 2. The van der Waals surface area contributed by atoms with Gasteiger partial charge in [-0.15, -0.1) is 0 Å². The second kappa shape index (κ2) is 6.32. The normalized spacial score (nSPS) is 24.2. The molecule has 1 saturated heterocycles. The van der Waals surface area contributed by atoms with E-state index in [2.05, 4.69) is 10.6 Å². The highest BCUT2D eigenvalue weighted by Gasteiger charge is 2.41. The zero-order valence-electron chi connectivity index (χ0n) is 12.4. The van der Waals surface area contributed by atoms with E-state index in [0.717, 1.165) is 19.3 Å². The van der Waals surface area contributed by atoms with Crippen LogP contribution in [0.5, 0.6) is 0 Å². The quantitative estimate of drug-likeness (QED) is 0.711. The van der Waals surface area contributed by atoms with Crippen LogP contribution in [-0.4, -0.2) is 53.1 Å². The summed E-state index contributed by atoms with van der Waals surface area (Å²) in [6.07, 6.45) is 4.64. The molecule has 118 valence electrons. The van der Waals surface area contributed by atoms with Crippen molar-refractivity contribution >= 4 is 17.9 Å². The zero-order valence-corrected chi connectivity index (χ0v) is 12.4. The van der Waals surface area contributed by atoms with Crippen LogP contribution in [0.4, 0.5) is 4.79 Å². The SMILES string of the molecule is CN(C(=O)NC1CNC(=O)C1)C1(CC(=O)O)CCCCC1. The molecular formula is C14H23N3O4. The lowest BCUT2D eigenvalue weighted by Crippen LogP contribution is -2.56. The summed E-state index contributed by atoms with van der Waals surface area (Å²) in [6.45, 7) is 0.435. The van der Waals surface area contributed by atoms with Gasteiger partial charge in [0.15, 0.2) is 0 Å². The van der Waals surface area contributed by atoms with Crippen molar-refractivity contribution in [1.82, 2.24) is 15.5 Å². The average molecular weight is 297 g/mol. The third-order valence-electron chi connectivity index (χ3n) is 4.59. The molecule has 0 aromatic carbocycles. The van der Waals surface area contributed by atoms with Gasteiger partial charge in [0.1, 0.15) is 0 Å². The summed E-state index contributed by atoms with van der Waals surface area (Å²) in [4.78, 5) is 36.3. The minimum Gasteiger partial charge on any atom is -0.481 e. The molecule has 0 aromatic heterocycles. The Balaban J connectivity index is 2.02. The van der Waals surface area contributed by atoms with Crippen LogP contribution in [0.2, 0.25) is 0 Å². The van der Waals surface area contributed by atoms with E-state index in [-0.39, 0.29) is 30.8 Å². The van der Waals surface area contributed by atoms with Gasteiger partial charge >= 0.3 is 12.0 Å². The second-order valence-corrected chi connectivity index (χ2v) is 6.07. The zero-order chi connectivity index (χ0) is 15.5. The molecule has 1 heterocycles. The number of hydrogen-bond acceptors (Lipinski definition) is 3. The monoisotopic (exact) mass is 297 g/mol. The van der Waals surface area contributed by atoms with Gasteiger partial charge in [-0.05, 0) is 12.8 Å². The summed E-state index contributed by atoms with van der Waals surface area (Å²) in [6, 6.07) is -0.502. The summed E-state index contributed by atoms with van der Waals surface area (Å²) in [7, 11) is 1.66. The number of carboxylic acids is 1. The van der Waals surface area contributed by atoms with Crippen molar-refractivity contribution in [1.29, 1.82) is 0 Å². The van der Waals surface area contributed by atoms with Crippen molar-refractivity contribution < 1.29 is 19.5 Å². The maximum Gasteiger partial charge on any atom is 0.317 e. The number of nitrogens with zero attached hydrogens (tertiary/aromatic N) is 1. The Morgan fingerprint density at radius 2 is 2.05 bits per heavy atom. The molecule has 7 nitrogen and oxygen atoms in total. The topological polar surface area (TPSA) is 98.7 Å². The van der Waals surface area contributed by atoms with Crippen LogP contribution in [0.15, 0.2) is 0 Å². The van der Waals surface area contributed by atoms with Crippen LogP contribution in [-0.2, 0) is 9.59 Å². The van der Waals surface area contributed by atoms with E-state index in [4.69, 9.17) is 5.11 Å². The molecule has 1 atom stereocenters. The van der Waals surface area contributed by atoms with Crippen LogP contribution in [0.25, 0.3) is 0 Å². The van der Waals surface area contributed by atoms with Crippen molar-refractivity contribution in [3.63, 3.8) is 0 Å². The number of aliphatic carboxylic acids is 1. The molecule has 21 heavy (non-hydrogen) atoms. The first-order chi connectivity index (χ1) is 9.93. The Bertz CT molecular complexity index is 432. The molecule has 3 amide bonds. The molecular weight excluding hydrogens is 274 g/mol. The van der Waals surface area contributed by atoms with E-state index in [1.165, 1.54) is 0 Å². The van der Waals surface area contributed by atoms with Gasteiger partial charge in [0.25, 0.3) is 0 Å². The number of carbonyl (C=O) groups is 3. The lowest BCUT2D eigenvalue weighted by molar-refractivity contribution is -0.140. The maximum absolute atomic E-state index is 12.4. The van der Waals surface area contributed by atoms with E-state index in [1.54, 1.807) is 11.9 Å². The molecule has 0 spiro atoms. The Morgan fingerprint density at radius 3 is 2.57 bits per heavy atom. The maximum atomic E-state index is 12.4. The summed E-state index contributed by atoms with van der Waals surface area (Å²) in [5, 5.41) is 14.7. The summed E-state index contributed by atoms with van der Waals surface area (Å²) in [5.74, 6) is -0.949. The van der Waals surface area contributed by atoms with Crippen LogP contribution >= 0.6 is 0 Å². The average Bonchev–Trinajstić information content (AvgIpc) is 2.83. The smallest absolute Gasteiger partial charge is 0.317 e. The van der Waals surface area contributed by atoms with Crippen molar-refractivity contribution in [3.05, 3.63) is 0 Å². The molecule has 0 aromatic rings. The van der Waals surface area contributed by atoms with E-state index in [1.807, 2.05) is 0 Å². The van der Waals surface area contributed by atoms with Gasteiger partial charge in [-0.25, -0.2) is 4.79 Å². The standard InChI is InChI=1S/C14H23N3O4/c1-17(13(21)16-10-7-11(18)15-9-10)14(8-12(19)20)5-3-2-4-6-14/h10H,2-9H2,1H3,(H,15,18)(H,16,21)(H,19,20). The molecule has 1 saturated carbocycles. The molecule has 1 aliphatic carbocycles.